The van der Waals surface area contributed by atoms with Crippen LogP contribution in [0.2, 0.25) is 0 Å². The van der Waals surface area contributed by atoms with Crippen molar-refractivity contribution >= 4 is 15.8 Å². The second kappa shape index (κ2) is 8.06. The van der Waals surface area contributed by atoms with Gasteiger partial charge in [-0.3, -0.25) is 15.6 Å². The Morgan fingerprint density at radius 3 is 2.17 bits per heavy atom. The highest BCUT2D eigenvalue weighted by Crippen LogP contribution is 2.22. The highest BCUT2D eigenvalue weighted by molar-refractivity contribution is 7.89. The van der Waals surface area contributed by atoms with Crippen LogP contribution in [0.5, 0.6) is 0 Å². The fourth-order valence-electron chi connectivity index (χ4n) is 4.06. The van der Waals surface area contributed by atoms with Gasteiger partial charge >= 0.3 is 0 Å². The van der Waals surface area contributed by atoms with E-state index >= 15 is 0 Å². The number of nitrogens with zero attached hydrogens (tertiary/aromatic N) is 4. The van der Waals surface area contributed by atoms with Crippen LogP contribution < -0.4 is 21.3 Å². The molecule has 1 aromatic carbocycles. The number of rotatable bonds is 4. The molecule has 0 aliphatic carbocycles. The van der Waals surface area contributed by atoms with Gasteiger partial charge < -0.3 is 4.90 Å². The Bertz CT molecular complexity index is 1060. The number of hydrogen-bond acceptors (Lipinski definition) is 7. The minimum Gasteiger partial charge on any atom is -0.353 e. The first-order valence-corrected chi connectivity index (χ1v) is 11.4. The molecule has 0 amide bonds. The standard InChI is InChI=1S/C19H25FN6O3S/c1-13-19(14(2)22-21-13)30(28,29)25-11-9-24(10-12-25)17-7-8-18(27)26(23-17)16-5-3-15(20)4-6-16/h3-8,13-14,19,21-22H,9-12H2,1-2H3. The molecule has 162 valence electrons. The monoisotopic (exact) mass is 436 g/mol. The van der Waals surface area contributed by atoms with E-state index < -0.39 is 21.1 Å². The van der Waals surface area contributed by atoms with Gasteiger partial charge in [0.2, 0.25) is 10.0 Å². The summed E-state index contributed by atoms with van der Waals surface area (Å²) in [7, 11) is -3.46. The van der Waals surface area contributed by atoms with Crippen LogP contribution in [0.25, 0.3) is 5.69 Å². The first kappa shape index (κ1) is 20.9. The van der Waals surface area contributed by atoms with Crippen molar-refractivity contribution in [1.29, 1.82) is 0 Å². The van der Waals surface area contributed by atoms with E-state index in [0.29, 0.717) is 37.7 Å². The van der Waals surface area contributed by atoms with E-state index in [1.807, 2.05) is 18.7 Å². The number of piperazine rings is 1. The summed E-state index contributed by atoms with van der Waals surface area (Å²) in [6.45, 7) is 5.33. The minimum atomic E-state index is -3.46. The average Bonchev–Trinajstić information content (AvgIpc) is 3.08. The molecular weight excluding hydrogens is 411 g/mol. The smallest absolute Gasteiger partial charge is 0.271 e. The number of aromatic nitrogens is 2. The Balaban J connectivity index is 1.50. The Hall–Kier alpha value is -2.34. The maximum Gasteiger partial charge on any atom is 0.271 e. The third-order valence-electron chi connectivity index (χ3n) is 5.65. The molecule has 2 fully saturated rings. The fraction of sp³-hybridized carbons (Fsp3) is 0.474. The third kappa shape index (κ3) is 3.85. The highest BCUT2D eigenvalue weighted by Gasteiger charge is 2.44. The number of hydrazine groups is 1. The van der Waals surface area contributed by atoms with E-state index in [4.69, 9.17) is 0 Å². The van der Waals surface area contributed by atoms with Gasteiger partial charge in [-0.2, -0.15) is 8.99 Å². The molecule has 2 saturated heterocycles. The molecule has 9 nitrogen and oxygen atoms in total. The Morgan fingerprint density at radius 2 is 1.57 bits per heavy atom. The Kier molecular flexibility index (Phi) is 5.62. The lowest BCUT2D eigenvalue weighted by atomic mass is 10.2. The number of sulfonamides is 1. The van der Waals surface area contributed by atoms with Crippen molar-refractivity contribution in [2.24, 2.45) is 0 Å². The summed E-state index contributed by atoms with van der Waals surface area (Å²) in [6.07, 6.45) is 0. The van der Waals surface area contributed by atoms with Gasteiger partial charge in [0.25, 0.3) is 5.56 Å². The van der Waals surface area contributed by atoms with Crippen LogP contribution in [0.1, 0.15) is 13.8 Å². The second-order valence-electron chi connectivity index (χ2n) is 7.68. The Morgan fingerprint density at radius 1 is 0.967 bits per heavy atom. The molecule has 1 aromatic heterocycles. The lowest BCUT2D eigenvalue weighted by Gasteiger charge is -2.36. The van der Waals surface area contributed by atoms with Crippen molar-refractivity contribution in [3.8, 4) is 5.69 Å². The molecule has 11 heteroatoms. The maximum atomic E-state index is 13.2. The summed E-state index contributed by atoms with van der Waals surface area (Å²) in [4.78, 5) is 14.2. The molecule has 30 heavy (non-hydrogen) atoms. The molecule has 2 atom stereocenters. The Labute approximate surface area is 174 Å². The van der Waals surface area contributed by atoms with Crippen molar-refractivity contribution in [3.63, 3.8) is 0 Å². The van der Waals surface area contributed by atoms with Crippen molar-refractivity contribution in [3.05, 3.63) is 52.6 Å². The van der Waals surface area contributed by atoms with Gasteiger partial charge in [-0.15, -0.1) is 5.10 Å². The van der Waals surface area contributed by atoms with Crippen LogP contribution in [0.3, 0.4) is 0 Å². The fourth-order valence-corrected chi connectivity index (χ4v) is 6.24. The largest absolute Gasteiger partial charge is 0.353 e. The van der Waals surface area contributed by atoms with Crippen molar-refractivity contribution in [1.82, 2.24) is 24.9 Å². The van der Waals surface area contributed by atoms with Gasteiger partial charge in [-0.05, 0) is 44.2 Å². The molecule has 0 radical (unpaired) electrons. The number of benzene rings is 1. The molecule has 2 aliphatic rings. The maximum absolute atomic E-state index is 13.2. The van der Waals surface area contributed by atoms with Crippen LogP contribution in [-0.2, 0) is 10.0 Å². The third-order valence-corrected chi connectivity index (χ3v) is 8.24. The second-order valence-corrected chi connectivity index (χ2v) is 9.77. The SMILES string of the molecule is CC1NNC(C)C1S(=O)(=O)N1CCN(c2ccc(=O)n(-c3ccc(F)cc3)n2)CC1. The summed E-state index contributed by atoms with van der Waals surface area (Å²) in [5.41, 5.74) is 6.14. The summed E-state index contributed by atoms with van der Waals surface area (Å²) < 4.78 is 42.1. The summed E-state index contributed by atoms with van der Waals surface area (Å²) in [6, 6.07) is 8.21. The normalized spacial score (nSPS) is 25.6. The zero-order chi connectivity index (χ0) is 21.5. The quantitative estimate of drug-likeness (QED) is 0.700. The number of anilines is 1. The van der Waals surface area contributed by atoms with E-state index in [0.717, 1.165) is 0 Å². The van der Waals surface area contributed by atoms with Gasteiger partial charge in [-0.1, -0.05) is 0 Å². The molecule has 0 saturated carbocycles. The first-order valence-electron chi connectivity index (χ1n) is 9.88. The lowest BCUT2D eigenvalue weighted by molar-refractivity contribution is 0.373. The van der Waals surface area contributed by atoms with E-state index in [-0.39, 0.29) is 17.6 Å². The topological polar surface area (TPSA) is 99.6 Å². The van der Waals surface area contributed by atoms with Crippen LogP contribution in [0.15, 0.2) is 41.2 Å². The average molecular weight is 437 g/mol. The molecule has 0 bridgehead atoms. The predicted octanol–water partition coefficient (Wildman–Crippen LogP) is 0.0768. The molecule has 2 unspecified atom stereocenters. The zero-order valence-electron chi connectivity index (χ0n) is 16.8. The van der Waals surface area contributed by atoms with E-state index in [9.17, 15) is 17.6 Å². The number of nitrogens with one attached hydrogen (secondary N) is 2. The van der Waals surface area contributed by atoms with Crippen LogP contribution in [0.4, 0.5) is 10.2 Å². The lowest BCUT2D eigenvalue weighted by Crippen LogP contribution is -2.54. The van der Waals surface area contributed by atoms with Crippen molar-refractivity contribution in [2.75, 3.05) is 31.1 Å². The molecule has 2 aromatic rings. The van der Waals surface area contributed by atoms with E-state index in [1.165, 1.54) is 39.3 Å². The van der Waals surface area contributed by atoms with Crippen molar-refractivity contribution < 1.29 is 12.8 Å². The van der Waals surface area contributed by atoms with Gasteiger partial charge in [0.15, 0.2) is 0 Å². The van der Waals surface area contributed by atoms with Gasteiger partial charge in [0.05, 0.1) is 5.69 Å². The van der Waals surface area contributed by atoms with E-state index in [2.05, 4.69) is 16.0 Å². The van der Waals surface area contributed by atoms with E-state index in [1.54, 1.807) is 6.07 Å². The predicted molar refractivity (Wildman–Crippen MR) is 111 cm³/mol. The summed E-state index contributed by atoms with van der Waals surface area (Å²) >= 11 is 0. The van der Waals surface area contributed by atoms with Crippen LogP contribution in [0, 0.1) is 5.82 Å². The minimum absolute atomic E-state index is 0.177. The van der Waals surface area contributed by atoms with Crippen LogP contribution in [-0.4, -0.2) is 66.0 Å². The van der Waals surface area contributed by atoms with Gasteiger partial charge in [0, 0.05) is 44.3 Å². The zero-order valence-corrected chi connectivity index (χ0v) is 17.6. The number of hydrogen-bond donors (Lipinski definition) is 2. The van der Waals surface area contributed by atoms with Crippen LogP contribution >= 0.6 is 0 Å². The summed E-state index contributed by atoms with van der Waals surface area (Å²) in [5, 5.41) is 3.88. The highest BCUT2D eigenvalue weighted by atomic mass is 32.2. The molecule has 3 heterocycles. The number of halogens is 1. The van der Waals surface area contributed by atoms with Gasteiger partial charge in [-0.25, -0.2) is 12.8 Å². The molecule has 2 aliphatic heterocycles. The molecule has 0 spiro atoms. The van der Waals surface area contributed by atoms with Gasteiger partial charge in [0.1, 0.15) is 16.9 Å². The molecular formula is C19H25FN6O3S. The first-order chi connectivity index (χ1) is 14.3. The molecule has 2 N–H and O–H groups in total. The summed E-state index contributed by atoms with van der Waals surface area (Å²) in [5.74, 6) is 0.179. The molecule has 4 rings (SSSR count). The van der Waals surface area contributed by atoms with Crippen molar-refractivity contribution in [2.45, 2.75) is 31.2 Å².